The number of piperidine rings is 1. The molecule has 0 atom stereocenters. The van der Waals surface area contributed by atoms with Crippen LogP contribution in [0.2, 0.25) is 0 Å². The van der Waals surface area contributed by atoms with Crippen molar-refractivity contribution >= 4 is 28.8 Å². The van der Waals surface area contributed by atoms with Crippen molar-refractivity contribution in [2.75, 3.05) is 38.0 Å². The zero-order valence-corrected chi connectivity index (χ0v) is 16.3. The van der Waals surface area contributed by atoms with Crippen molar-refractivity contribution in [1.82, 2.24) is 19.4 Å². The molecule has 0 aliphatic carbocycles. The van der Waals surface area contributed by atoms with Crippen LogP contribution >= 0.6 is 0 Å². The lowest BCUT2D eigenvalue weighted by Gasteiger charge is -2.26. The predicted molar refractivity (Wildman–Crippen MR) is 107 cm³/mol. The van der Waals surface area contributed by atoms with Crippen LogP contribution in [0.4, 0.5) is 5.95 Å². The standard InChI is InChI=1S/C20H29N5O2/c1-3-23(4-2)13-14-25-17-10-6-5-9-16(17)21-20(25)22-18(26)15-24-12-8-7-11-19(24)27/h5-6,9-10H,3-4,7-8,11-15H2,1-2H3,(H,21,22,26). The molecule has 1 aliphatic rings. The highest BCUT2D eigenvalue weighted by Gasteiger charge is 2.21. The van der Waals surface area contributed by atoms with Crippen molar-refractivity contribution in [1.29, 1.82) is 0 Å². The van der Waals surface area contributed by atoms with Crippen molar-refractivity contribution in [3.05, 3.63) is 24.3 Å². The van der Waals surface area contributed by atoms with E-state index < -0.39 is 0 Å². The third-order valence-corrected chi connectivity index (χ3v) is 5.20. The van der Waals surface area contributed by atoms with Crippen LogP contribution < -0.4 is 5.32 Å². The van der Waals surface area contributed by atoms with Crippen molar-refractivity contribution in [2.24, 2.45) is 0 Å². The second-order valence-electron chi connectivity index (χ2n) is 6.92. The number of nitrogens with zero attached hydrogens (tertiary/aromatic N) is 4. The number of hydrogen-bond donors (Lipinski definition) is 1. The minimum absolute atomic E-state index is 0.0615. The molecule has 2 heterocycles. The number of carbonyl (C=O) groups is 2. The Morgan fingerprint density at radius 1 is 1.22 bits per heavy atom. The second kappa shape index (κ2) is 8.99. The summed E-state index contributed by atoms with van der Waals surface area (Å²) in [7, 11) is 0. The van der Waals surface area contributed by atoms with Crippen LogP contribution in [0.3, 0.4) is 0 Å². The number of nitrogens with one attached hydrogen (secondary N) is 1. The molecular formula is C20H29N5O2. The number of likely N-dealkylation sites (N-methyl/N-ethyl adjacent to an activating group) is 1. The number of rotatable bonds is 8. The van der Waals surface area contributed by atoms with Gasteiger partial charge in [0.1, 0.15) is 0 Å². The van der Waals surface area contributed by atoms with Crippen molar-refractivity contribution in [3.63, 3.8) is 0 Å². The van der Waals surface area contributed by atoms with Gasteiger partial charge in [-0.15, -0.1) is 0 Å². The summed E-state index contributed by atoms with van der Waals surface area (Å²) in [5, 5.41) is 2.93. The largest absolute Gasteiger partial charge is 0.333 e. The van der Waals surface area contributed by atoms with Crippen molar-refractivity contribution < 1.29 is 9.59 Å². The highest BCUT2D eigenvalue weighted by atomic mass is 16.2. The third kappa shape index (κ3) is 4.66. The molecule has 1 aliphatic heterocycles. The number of fused-ring (bicyclic) bond motifs is 1. The molecule has 3 rings (SSSR count). The summed E-state index contributed by atoms with van der Waals surface area (Å²) in [6.45, 7) is 8.66. The molecule has 7 nitrogen and oxygen atoms in total. The van der Waals surface area contributed by atoms with Gasteiger partial charge in [-0.25, -0.2) is 4.98 Å². The van der Waals surface area contributed by atoms with Crippen molar-refractivity contribution in [3.8, 4) is 0 Å². The first kappa shape index (κ1) is 19.4. The molecule has 0 saturated carbocycles. The Kier molecular flexibility index (Phi) is 6.45. The fourth-order valence-electron chi connectivity index (χ4n) is 3.55. The molecule has 2 amide bonds. The summed E-state index contributed by atoms with van der Waals surface area (Å²) in [4.78, 5) is 33.1. The molecule has 1 saturated heterocycles. The normalized spacial score (nSPS) is 14.9. The highest BCUT2D eigenvalue weighted by molar-refractivity contribution is 5.95. The minimum atomic E-state index is -0.190. The average Bonchev–Trinajstić information content (AvgIpc) is 3.01. The van der Waals surface area contributed by atoms with Crippen LogP contribution in [0, 0.1) is 0 Å². The topological polar surface area (TPSA) is 70.5 Å². The van der Waals surface area contributed by atoms with Gasteiger partial charge in [0.2, 0.25) is 17.8 Å². The first-order valence-electron chi connectivity index (χ1n) is 9.87. The van der Waals surface area contributed by atoms with Crippen LogP contribution in [-0.2, 0) is 16.1 Å². The van der Waals surface area contributed by atoms with Crippen LogP contribution in [0.15, 0.2) is 24.3 Å². The van der Waals surface area contributed by atoms with E-state index in [4.69, 9.17) is 0 Å². The Balaban J connectivity index is 1.75. The van der Waals surface area contributed by atoms with E-state index in [-0.39, 0.29) is 18.4 Å². The molecule has 1 N–H and O–H groups in total. The molecule has 7 heteroatoms. The number of para-hydroxylation sites is 2. The Morgan fingerprint density at radius 3 is 2.74 bits per heavy atom. The van der Waals surface area contributed by atoms with Gasteiger partial charge < -0.3 is 14.4 Å². The Labute approximate surface area is 160 Å². The zero-order chi connectivity index (χ0) is 19.2. The lowest BCUT2D eigenvalue weighted by atomic mass is 10.1. The maximum atomic E-state index is 12.5. The fraction of sp³-hybridized carbons (Fsp3) is 0.550. The van der Waals surface area contributed by atoms with Crippen molar-refractivity contribution in [2.45, 2.75) is 39.7 Å². The van der Waals surface area contributed by atoms with Crippen LogP contribution in [0.1, 0.15) is 33.1 Å². The smallest absolute Gasteiger partial charge is 0.246 e. The lowest BCUT2D eigenvalue weighted by Crippen LogP contribution is -2.41. The number of anilines is 1. The summed E-state index contributed by atoms with van der Waals surface area (Å²) in [6.07, 6.45) is 2.41. The summed E-state index contributed by atoms with van der Waals surface area (Å²) < 4.78 is 2.06. The molecule has 0 spiro atoms. The number of benzene rings is 1. The molecule has 0 bridgehead atoms. The molecule has 1 aromatic carbocycles. The zero-order valence-electron chi connectivity index (χ0n) is 16.3. The van der Waals surface area contributed by atoms with Gasteiger partial charge >= 0.3 is 0 Å². The highest BCUT2D eigenvalue weighted by Crippen LogP contribution is 2.20. The number of hydrogen-bond acceptors (Lipinski definition) is 4. The SMILES string of the molecule is CCN(CC)CCn1c(NC(=O)CN2CCCCC2=O)nc2ccccc21. The van der Waals surface area contributed by atoms with E-state index in [0.29, 0.717) is 18.9 Å². The maximum absolute atomic E-state index is 12.5. The molecular weight excluding hydrogens is 342 g/mol. The van der Waals surface area contributed by atoms with Crippen LogP contribution in [0.5, 0.6) is 0 Å². The van der Waals surface area contributed by atoms with Gasteiger partial charge in [-0.2, -0.15) is 0 Å². The monoisotopic (exact) mass is 371 g/mol. The van der Waals surface area contributed by atoms with Gasteiger partial charge in [-0.05, 0) is 38.1 Å². The van der Waals surface area contributed by atoms with E-state index in [1.165, 1.54) is 0 Å². The van der Waals surface area contributed by atoms with Gasteiger partial charge in [0.25, 0.3) is 0 Å². The Hall–Kier alpha value is -2.41. The molecule has 0 radical (unpaired) electrons. The Morgan fingerprint density at radius 2 is 2.00 bits per heavy atom. The quantitative estimate of drug-likeness (QED) is 0.773. The number of carbonyl (C=O) groups excluding carboxylic acids is 2. The number of amides is 2. The van der Waals surface area contributed by atoms with Crippen LogP contribution in [0.25, 0.3) is 11.0 Å². The summed E-state index contributed by atoms with van der Waals surface area (Å²) in [5.74, 6) is 0.425. The molecule has 2 aromatic rings. The van der Waals surface area contributed by atoms with Gasteiger partial charge in [-0.1, -0.05) is 26.0 Å². The molecule has 1 fully saturated rings. The summed E-state index contributed by atoms with van der Waals surface area (Å²) in [5.41, 5.74) is 1.87. The molecule has 146 valence electrons. The molecule has 1 aromatic heterocycles. The van der Waals surface area contributed by atoms with E-state index >= 15 is 0 Å². The van der Waals surface area contributed by atoms with Crippen LogP contribution in [-0.4, -0.2) is 63.9 Å². The fourth-order valence-corrected chi connectivity index (χ4v) is 3.55. The van der Waals surface area contributed by atoms with E-state index in [0.717, 1.165) is 50.1 Å². The number of likely N-dealkylation sites (tertiary alicyclic amines) is 1. The lowest BCUT2D eigenvalue weighted by molar-refractivity contribution is -0.136. The third-order valence-electron chi connectivity index (χ3n) is 5.20. The summed E-state index contributed by atoms with van der Waals surface area (Å²) in [6, 6.07) is 7.90. The van der Waals surface area contributed by atoms with Gasteiger partial charge in [-0.3, -0.25) is 14.9 Å². The van der Waals surface area contributed by atoms with Gasteiger partial charge in [0.05, 0.1) is 17.6 Å². The Bertz CT molecular complexity index is 797. The number of imidazole rings is 1. The predicted octanol–water partition coefficient (Wildman–Crippen LogP) is 2.33. The summed E-state index contributed by atoms with van der Waals surface area (Å²) >= 11 is 0. The first-order valence-corrected chi connectivity index (χ1v) is 9.87. The maximum Gasteiger partial charge on any atom is 0.246 e. The number of aromatic nitrogens is 2. The van der Waals surface area contributed by atoms with E-state index in [1.807, 2.05) is 24.3 Å². The minimum Gasteiger partial charge on any atom is -0.333 e. The van der Waals surface area contributed by atoms with E-state index in [2.05, 4.69) is 33.6 Å². The molecule has 0 unspecified atom stereocenters. The van der Waals surface area contributed by atoms with Gasteiger partial charge in [0, 0.05) is 26.1 Å². The average molecular weight is 371 g/mol. The second-order valence-corrected chi connectivity index (χ2v) is 6.92. The van der Waals surface area contributed by atoms with Gasteiger partial charge in [0.15, 0.2) is 0 Å². The van der Waals surface area contributed by atoms with E-state index in [1.54, 1.807) is 4.90 Å². The molecule has 27 heavy (non-hydrogen) atoms. The van der Waals surface area contributed by atoms with E-state index in [9.17, 15) is 9.59 Å². The first-order chi connectivity index (χ1) is 13.1.